The average molecular weight is 401 g/mol. The summed E-state index contributed by atoms with van der Waals surface area (Å²) >= 11 is 1.76. The summed E-state index contributed by atoms with van der Waals surface area (Å²) in [5, 5.41) is 6.82. The van der Waals surface area contributed by atoms with Crippen LogP contribution in [-0.4, -0.2) is 33.8 Å². The molecule has 1 aliphatic rings. The molecule has 1 saturated heterocycles. The smallest absolute Gasteiger partial charge is 0.175 e. The van der Waals surface area contributed by atoms with Gasteiger partial charge in [-0.3, -0.25) is 0 Å². The maximum atomic E-state index is 11.9. The molecule has 1 N–H and O–H groups in total. The first-order valence-corrected chi connectivity index (χ1v) is 12.0. The van der Waals surface area contributed by atoms with Gasteiger partial charge in [-0.15, -0.1) is 11.3 Å². The van der Waals surface area contributed by atoms with Crippen molar-refractivity contribution in [2.45, 2.75) is 30.3 Å². The molecule has 1 aromatic heterocycles. The summed E-state index contributed by atoms with van der Waals surface area (Å²) in [7, 11) is -3.20. The van der Waals surface area contributed by atoms with Crippen molar-refractivity contribution in [2.24, 2.45) is 0 Å². The van der Waals surface area contributed by atoms with Crippen LogP contribution in [-0.2, 0) is 16.4 Å². The SMILES string of the molecule is CS(=O)(=O)c1cccc(CN(c2ccc3sccc3c2)C2CCNCC2)c1. The number of benzene rings is 2. The lowest BCUT2D eigenvalue weighted by molar-refractivity contribution is 0.428. The molecule has 4 rings (SSSR count). The third-order valence-corrected chi connectivity index (χ3v) is 7.20. The van der Waals surface area contributed by atoms with E-state index in [2.05, 4.69) is 39.9 Å². The van der Waals surface area contributed by atoms with Gasteiger partial charge in [0.2, 0.25) is 0 Å². The van der Waals surface area contributed by atoms with Crippen LogP contribution in [0.25, 0.3) is 10.1 Å². The fraction of sp³-hybridized carbons (Fsp3) is 0.333. The van der Waals surface area contributed by atoms with Crippen molar-refractivity contribution in [3.8, 4) is 0 Å². The Balaban J connectivity index is 1.69. The van der Waals surface area contributed by atoms with Crippen molar-refractivity contribution in [1.82, 2.24) is 5.32 Å². The van der Waals surface area contributed by atoms with Crippen LogP contribution in [0, 0.1) is 0 Å². The predicted octanol–water partition coefficient (Wildman–Crippen LogP) is 4.06. The minimum absolute atomic E-state index is 0.388. The summed E-state index contributed by atoms with van der Waals surface area (Å²) < 4.78 is 25.2. The third kappa shape index (κ3) is 4.18. The molecule has 142 valence electrons. The number of nitrogens with one attached hydrogen (secondary N) is 1. The zero-order valence-electron chi connectivity index (χ0n) is 15.4. The Hall–Kier alpha value is -1.89. The average Bonchev–Trinajstić information content (AvgIpc) is 3.14. The second-order valence-corrected chi connectivity index (χ2v) is 10.1. The van der Waals surface area contributed by atoms with Gasteiger partial charge in [0.25, 0.3) is 0 Å². The van der Waals surface area contributed by atoms with E-state index in [0.29, 0.717) is 17.5 Å². The van der Waals surface area contributed by atoms with Crippen molar-refractivity contribution in [3.63, 3.8) is 0 Å². The monoisotopic (exact) mass is 400 g/mol. The van der Waals surface area contributed by atoms with Crippen molar-refractivity contribution in [1.29, 1.82) is 0 Å². The molecule has 0 bridgehead atoms. The standard InChI is InChI=1S/C21H24N2O2S2/c1-27(24,25)20-4-2-3-16(13-20)15-23(18-7-10-22-11-8-18)19-5-6-21-17(14-19)9-12-26-21/h2-6,9,12-14,18,22H,7-8,10-11,15H2,1H3. The lowest BCUT2D eigenvalue weighted by Gasteiger charge is -2.36. The van der Waals surface area contributed by atoms with Crippen molar-refractivity contribution in [2.75, 3.05) is 24.2 Å². The largest absolute Gasteiger partial charge is 0.364 e. The van der Waals surface area contributed by atoms with Crippen LogP contribution in [0.2, 0.25) is 0 Å². The normalized spacial score (nSPS) is 15.9. The topological polar surface area (TPSA) is 49.4 Å². The van der Waals surface area contributed by atoms with E-state index in [9.17, 15) is 8.42 Å². The Morgan fingerprint density at radius 2 is 1.93 bits per heavy atom. The lowest BCUT2D eigenvalue weighted by Crippen LogP contribution is -2.43. The quantitative estimate of drug-likeness (QED) is 0.702. The van der Waals surface area contributed by atoms with Gasteiger partial charge in [0.15, 0.2) is 9.84 Å². The minimum Gasteiger partial charge on any atom is -0.364 e. The Kier molecular flexibility index (Phi) is 5.21. The second-order valence-electron chi connectivity index (χ2n) is 7.17. The molecule has 0 atom stereocenters. The van der Waals surface area contributed by atoms with E-state index in [-0.39, 0.29) is 0 Å². The Bertz CT molecular complexity index is 1040. The number of hydrogen-bond donors (Lipinski definition) is 1. The summed E-state index contributed by atoms with van der Waals surface area (Å²) in [6, 6.07) is 16.6. The van der Waals surface area contributed by atoms with Gasteiger partial charge in [-0.1, -0.05) is 12.1 Å². The van der Waals surface area contributed by atoms with Crippen LogP contribution < -0.4 is 10.2 Å². The molecule has 0 spiro atoms. The second kappa shape index (κ2) is 7.62. The molecule has 2 aromatic carbocycles. The van der Waals surface area contributed by atoms with E-state index < -0.39 is 9.84 Å². The number of thiophene rings is 1. The van der Waals surface area contributed by atoms with E-state index >= 15 is 0 Å². The number of rotatable bonds is 5. The molecule has 0 unspecified atom stereocenters. The first kappa shape index (κ1) is 18.5. The highest BCUT2D eigenvalue weighted by Gasteiger charge is 2.22. The van der Waals surface area contributed by atoms with Crippen molar-refractivity contribution >= 4 is 36.9 Å². The van der Waals surface area contributed by atoms with Crippen LogP contribution in [0.3, 0.4) is 0 Å². The first-order valence-electron chi connectivity index (χ1n) is 9.24. The number of sulfone groups is 1. The highest BCUT2D eigenvalue weighted by Crippen LogP contribution is 2.30. The van der Waals surface area contributed by atoms with E-state index in [1.165, 1.54) is 22.0 Å². The van der Waals surface area contributed by atoms with E-state index in [4.69, 9.17) is 0 Å². The van der Waals surface area contributed by atoms with Gasteiger partial charge < -0.3 is 10.2 Å². The maximum Gasteiger partial charge on any atom is 0.175 e. The van der Waals surface area contributed by atoms with Crippen molar-refractivity contribution in [3.05, 3.63) is 59.5 Å². The molecule has 0 amide bonds. The van der Waals surface area contributed by atoms with Crippen LogP contribution in [0.1, 0.15) is 18.4 Å². The summed E-state index contributed by atoms with van der Waals surface area (Å²) in [6.07, 6.45) is 3.45. The molecule has 4 nitrogen and oxygen atoms in total. The molecule has 1 fully saturated rings. The van der Waals surface area contributed by atoms with Gasteiger partial charge in [0, 0.05) is 29.2 Å². The number of piperidine rings is 1. The van der Waals surface area contributed by atoms with Gasteiger partial charge in [0.1, 0.15) is 0 Å². The molecule has 0 radical (unpaired) electrons. The fourth-order valence-corrected chi connectivity index (χ4v) is 5.22. The summed E-state index contributed by atoms with van der Waals surface area (Å²) in [6.45, 7) is 2.75. The maximum absolute atomic E-state index is 11.9. The highest BCUT2D eigenvalue weighted by molar-refractivity contribution is 7.90. The molecule has 3 aromatic rings. The van der Waals surface area contributed by atoms with Crippen LogP contribution in [0.5, 0.6) is 0 Å². The summed E-state index contributed by atoms with van der Waals surface area (Å²) in [4.78, 5) is 2.83. The van der Waals surface area contributed by atoms with E-state index in [0.717, 1.165) is 31.5 Å². The molecule has 1 aliphatic heterocycles. The molecule has 6 heteroatoms. The zero-order chi connectivity index (χ0) is 18.9. The lowest BCUT2D eigenvalue weighted by atomic mass is 10.0. The zero-order valence-corrected chi connectivity index (χ0v) is 17.0. The first-order chi connectivity index (χ1) is 13.0. The van der Waals surface area contributed by atoms with E-state index in [1.807, 2.05) is 18.2 Å². The van der Waals surface area contributed by atoms with Gasteiger partial charge >= 0.3 is 0 Å². The van der Waals surface area contributed by atoms with Crippen molar-refractivity contribution < 1.29 is 8.42 Å². The number of hydrogen-bond acceptors (Lipinski definition) is 5. The van der Waals surface area contributed by atoms with Gasteiger partial charge in [-0.2, -0.15) is 0 Å². The van der Waals surface area contributed by atoms with Gasteiger partial charge in [0.05, 0.1) is 4.90 Å². The predicted molar refractivity (Wildman–Crippen MR) is 113 cm³/mol. The Labute approximate surface area is 164 Å². The van der Waals surface area contributed by atoms with Crippen LogP contribution in [0.4, 0.5) is 5.69 Å². The van der Waals surface area contributed by atoms with Gasteiger partial charge in [-0.05, 0) is 78.7 Å². The number of anilines is 1. The summed E-state index contributed by atoms with van der Waals surface area (Å²) in [5.41, 5.74) is 2.24. The number of fused-ring (bicyclic) bond motifs is 1. The fourth-order valence-electron chi connectivity index (χ4n) is 3.75. The molecular formula is C21H24N2O2S2. The highest BCUT2D eigenvalue weighted by atomic mass is 32.2. The molecule has 27 heavy (non-hydrogen) atoms. The molecule has 2 heterocycles. The minimum atomic E-state index is -3.20. The van der Waals surface area contributed by atoms with Gasteiger partial charge in [-0.25, -0.2) is 8.42 Å². The van der Waals surface area contributed by atoms with Crippen LogP contribution >= 0.6 is 11.3 Å². The van der Waals surface area contributed by atoms with E-state index in [1.54, 1.807) is 17.4 Å². The summed E-state index contributed by atoms with van der Waals surface area (Å²) in [5.74, 6) is 0. The molecule has 0 saturated carbocycles. The van der Waals surface area contributed by atoms with Crippen LogP contribution in [0.15, 0.2) is 58.8 Å². The molecule has 0 aliphatic carbocycles. The molecular weight excluding hydrogens is 376 g/mol. The third-order valence-electron chi connectivity index (χ3n) is 5.20. The number of nitrogens with zero attached hydrogens (tertiary/aromatic N) is 1. The Morgan fingerprint density at radius 1 is 1.11 bits per heavy atom. The Morgan fingerprint density at radius 3 is 2.70 bits per heavy atom.